The van der Waals surface area contributed by atoms with Crippen molar-refractivity contribution in [3.63, 3.8) is 0 Å². The molecule has 9 heteroatoms. The van der Waals surface area contributed by atoms with Crippen molar-refractivity contribution in [3.05, 3.63) is 0 Å². The second-order valence-corrected chi connectivity index (χ2v) is 12.3. The summed E-state index contributed by atoms with van der Waals surface area (Å²) >= 11 is 0. The second-order valence-electron chi connectivity index (χ2n) is 12.3. The van der Waals surface area contributed by atoms with Gasteiger partial charge in [0.1, 0.15) is 18.0 Å². The van der Waals surface area contributed by atoms with Crippen LogP contribution in [0.5, 0.6) is 0 Å². The first-order chi connectivity index (χ1) is 16.5. The molecule has 0 amide bonds. The predicted octanol–water partition coefficient (Wildman–Crippen LogP) is 3.47. The number of carbonyl (C=O) groups excluding carboxylic acids is 4. The third kappa shape index (κ3) is 3.88. The van der Waals surface area contributed by atoms with E-state index in [1.807, 2.05) is 0 Å². The standard InChI is InChI=1S/C26H32F2O7/c1-25(27,28)23(31)35-21-16-4-13-5-17(21)10-26(8-13,9-16)24(32)33-11-19(29)34-22-15-3-12-2-14(7-15)20(30)18(22)6-12/h12-18,21-22H,2-11H2,1H3. The summed E-state index contributed by atoms with van der Waals surface area (Å²) in [6, 6.07) is 0. The van der Waals surface area contributed by atoms with Crippen LogP contribution in [0.15, 0.2) is 0 Å². The van der Waals surface area contributed by atoms with Crippen molar-refractivity contribution in [1.82, 2.24) is 0 Å². The first kappa shape index (κ1) is 23.3. The van der Waals surface area contributed by atoms with Crippen molar-refractivity contribution in [3.8, 4) is 0 Å². The molecule has 8 saturated carbocycles. The lowest BCUT2D eigenvalue weighted by Crippen LogP contribution is -2.58. The van der Waals surface area contributed by atoms with E-state index in [-0.39, 0.29) is 41.3 Å². The molecule has 8 aliphatic rings. The number of carbonyl (C=O) groups is 4. The number of Topliss-reactive ketones (excluding diaryl/α,β-unsaturated/α-hetero) is 1. The summed E-state index contributed by atoms with van der Waals surface area (Å²) < 4.78 is 43.1. The number of hydrogen-bond donors (Lipinski definition) is 0. The third-order valence-corrected chi connectivity index (χ3v) is 9.87. The summed E-state index contributed by atoms with van der Waals surface area (Å²) in [4.78, 5) is 50.1. The van der Waals surface area contributed by atoms with Gasteiger partial charge in [0.15, 0.2) is 6.61 Å². The smallest absolute Gasteiger partial charge is 0.376 e. The van der Waals surface area contributed by atoms with Crippen LogP contribution < -0.4 is 0 Å². The number of ether oxygens (including phenoxy) is 3. The van der Waals surface area contributed by atoms with Gasteiger partial charge in [-0.3, -0.25) is 9.59 Å². The summed E-state index contributed by atoms with van der Waals surface area (Å²) in [6.07, 6.45) is 5.44. The number of esters is 3. The van der Waals surface area contributed by atoms with Gasteiger partial charge >= 0.3 is 23.8 Å². The van der Waals surface area contributed by atoms with Gasteiger partial charge in [0.25, 0.3) is 0 Å². The monoisotopic (exact) mass is 494 g/mol. The van der Waals surface area contributed by atoms with Crippen molar-refractivity contribution >= 4 is 23.7 Å². The van der Waals surface area contributed by atoms with E-state index in [2.05, 4.69) is 0 Å². The van der Waals surface area contributed by atoms with E-state index in [1.165, 1.54) is 0 Å². The second kappa shape index (κ2) is 7.97. The van der Waals surface area contributed by atoms with E-state index < -0.39 is 48.1 Å². The maximum Gasteiger partial charge on any atom is 0.376 e. The summed E-state index contributed by atoms with van der Waals surface area (Å²) in [7, 11) is 0. The van der Waals surface area contributed by atoms with Crippen LogP contribution in [0.1, 0.15) is 64.7 Å². The van der Waals surface area contributed by atoms with Gasteiger partial charge in [-0.25, -0.2) is 9.59 Å². The van der Waals surface area contributed by atoms with E-state index >= 15 is 0 Å². The Morgan fingerprint density at radius 2 is 1.57 bits per heavy atom. The van der Waals surface area contributed by atoms with Gasteiger partial charge in [-0.1, -0.05) is 0 Å². The highest BCUT2D eigenvalue weighted by atomic mass is 19.3. The van der Waals surface area contributed by atoms with Crippen LogP contribution in [0.2, 0.25) is 0 Å². The number of ketones is 1. The molecule has 0 aromatic carbocycles. The number of rotatable bonds is 6. The first-order valence-electron chi connectivity index (χ1n) is 13.0. The molecule has 8 aliphatic carbocycles. The van der Waals surface area contributed by atoms with E-state index in [4.69, 9.17) is 14.2 Å². The van der Waals surface area contributed by atoms with Gasteiger partial charge in [0.2, 0.25) is 0 Å². The highest BCUT2D eigenvalue weighted by molar-refractivity contribution is 5.87. The van der Waals surface area contributed by atoms with Crippen LogP contribution in [0.25, 0.3) is 0 Å². The Balaban J connectivity index is 1.06. The van der Waals surface area contributed by atoms with Gasteiger partial charge in [-0.2, -0.15) is 8.78 Å². The van der Waals surface area contributed by atoms with Gasteiger partial charge < -0.3 is 14.2 Å². The minimum Gasteiger partial charge on any atom is -0.459 e. The molecule has 0 saturated heterocycles. The molecule has 0 heterocycles. The van der Waals surface area contributed by atoms with E-state index in [1.54, 1.807) is 0 Å². The van der Waals surface area contributed by atoms with Gasteiger partial charge in [-0.05, 0) is 87.4 Å². The van der Waals surface area contributed by atoms with Crippen LogP contribution >= 0.6 is 0 Å². The fourth-order valence-corrected chi connectivity index (χ4v) is 8.87. The molecule has 0 radical (unpaired) electrons. The fourth-order valence-electron chi connectivity index (χ4n) is 8.87. The van der Waals surface area contributed by atoms with Crippen LogP contribution in [-0.2, 0) is 33.4 Å². The summed E-state index contributed by atoms with van der Waals surface area (Å²) in [6.45, 7) is 0.0422. The molecular formula is C26H32F2O7. The lowest BCUT2D eigenvalue weighted by Gasteiger charge is -2.57. The molecule has 0 spiro atoms. The van der Waals surface area contributed by atoms with Crippen molar-refractivity contribution < 1.29 is 42.2 Å². The third-order valence-electron chi connectivity index (χ3n) is 9.87. The highest BCUT2D eigenvalue weighted by Gasteiger charge is 2.61. The van der Waals surface area contributed by atoms with Crippen molar-refractivity contribution in [2.24, 2.45) is 46.8 Å². The maximum absolute atomic E-state index is 13.4. The number of alkyl halides is 2. The summed E-state index contributed by atoms with van der Waals surface area (Å²) in [5.74, 6) is -5.32. The zero-order chi connectivity index (χ0) is 24.7. The Labute approximate surface area is 202 Å². The minimum absolute atomic E-state index is 0.119. The molecule has 0 aromatic rings. The molecule has 8 fully saturated rings. The average molecular weight is 495 g/mol. The largest absolute Gasteiger partial charge is 0.459 e. The van der Waals surface area contributed by atoms with Crippen molar-refractivity contribution in [2.45, 2.75) is 82.8 Å². The topological polar surface area (TPSA) is 96.0 Å². The Kier molecular flexibility index (Phi) is 5.32. The van der Waals surface area contributed by atoms with Gasteiger partial charge in [0.05, 0.1) is 11.3 Å². The Hall–Kier alpha value is -2.06. The lowest BCUT2D eigenvalue weighted by atomic mass is 9.48. The summed E-state index contributed by atoms with van der Waals surface area (Å²) in [5.41, 5.74) is -0.771. The SMILES string of the molecule is CC(F)(F)C(=O)OC1C2CC3CC1CC(C(=O)OCC(=O)OC1C4CC5CC(C4)C(=O)C1C5)(C3)C2. The van der Waals surface area contributed by atoms with Gasteiger partial charge in [0, 0.05) is 12.8 Å². The molecule has 0 aliphatic heterocycles. The van der Waals surface area contributed by atoms with Crippen LogP contribution in [0.4, 0.5) is 8.78 Å². The number of halogens is 2. The van der Waals surface area contributed by atoms with Crippen molar-refractivity contribution in [2.75, 3.05) is 6.61 Å². The summed E-state index contributed by atoms with van der Waals surface area (Å²) in [5, 5.41) is 0. The maximum atomic E-state index is 13.4. The molecule has 192 valence electrons. The molecule has 7 nitrogen and oxygen atoms in total. The fraction of sp³-hybridized carbons (Fsp3) is 0.846. The Bertz CT molecular complexity index is 942. The lowest BCUT2D eigenvalue weighted by molar-refractivity contribution is -0.209. The molecular weight excluding hydrogens is 462 g/mol. The van der Waals surface area contributed by atoms with Crippen LogP contribution in [-0.4, -0.2) is 48.4 Å². The Morgan fingerprint density at radius 1 is 0.886 bits per heavy atom. The van der Waals surface area contributed by atoms with E-state index in [9.17, 15) is 28.0 Å². The van der Waals surface area contributed by atoms with E-state index in [0.717, 1.165) is 38.5 Å². The zero-order valence-corrected chi connectivity index (χ0v) is 19.9. The normalized spacial score (nSPS) is 44.9. The molecule has 7 atom stereocenters. The highest BCUT2D eigenvalue weighted by Crippen LogP contribution is 2.61. The van der Waals surface area contributed by atoms with Gasteiger partial charge in [-0.15, -0.1) is 0 Å². The van der Waals surface area contributed by atoms with Crippen LogP contribution in [0, 0.1) is 46.8 Å². The average Bonchev–Trinajstić information content (AvgIpc) is 2.78. The Morgan fingerprint density at radius 3 is 2.26 bits per heavy atom. The zero-order valence-electron chi connectivity index (χ0n) is 19.9. The van der Waals surface area contributed by atoms with Crippen molar-refractivity contribution in [1.29, 1.82) is 0 Å². The molecule has 35 heavy (non-hydrogen) atoms. The predicted molar refractivity (Wildman–Crippen MR) is 115 cm³/mol. The quantitative estimate of drug-likeness (QED) is 0.412. The number of hydrogen-bond acceptors (Lipinski definition) is 7. The molecule has 7 unspecified atom stereocenters. The molecule has 0 aromatic heterocycles. The van der Waals surface area contributed by atoms with Crippen LogP contribution in [0.3, 0.4) is 0 Å². The minimum atomic E-state index is -3.55. The van der Waals surface area contributed by atoms with E-state index in [0.29, 0.717) is 32.1 Å². The molecule has 8 bridgehead atoms. The first-order valence-corrected chi connectivity index (χ1v) is 13.0. The molecule has 8 rings (SSSR count). The molecule has 0 N–H and O–H groups in total.